The van der Waals surface area contributed by atoms with Crippen molar-refractivity contribution in [2.45, 2.75) is 12.8 Å². The van der Waals surface area contributed by atoms with Gasteiger partial charge in [-0.15, -0.1) is 0 Å². The molecule has 1 fully saturated rings. The number of nitrogens with one attached hydrogen (secondary N) is 1. The summed E-state index contributed by atoms with van der Waals surface area (Å²) in [5.41, 5.74) is -0.342. The van der Waals surface area contributed by atoms with E-state index in [1.54, 1.807) is 11.0 Å². The lowest BCUT2D eigenvalue weighted by atomic mass is 10.1. The van der Waals surface area contributed by atoms with Crippen LogP contribution in [-0.4, -0.2) is 50.8 Å². The Balaban J connectivity index is 1.92. The molecule has 2 amide bonds. The SMILES string of the molecule is O=C(O)c1nccnc1C(=O)Nc1cc(Cl)ccc1C(=O)N1CCCC1. The van der Waals surface area contributed by atoms with Crippen LogP contribution in [0.25, 0.3) is 0 Å². The number of carboxylic acids is 1. The van der Waals surface area contributed by atoms with E-state index in [-0.39, 0.29) is 22.9 Å². The molecule has 134 valence electrons. The topological polar surface area (TPSA) is 112 Å². The largest absolute Gasteiger partial charge is 0.476 e. The molecular formula is C17H15ClN4O4. The number of halogens is 1. The van der Waals surface area contributed by atoms with E-state index >= 15 is 0 Å². The first-order chi connectivity index (χ1) is 12.5. The number of carbonyl (C=O) groups excluding carboxylic acids is 2. The minimum absolute atomic E-state index is 0.196. The van der Waals surface area contributed by atoms with Crippen molar-refractivity contribution >= 4 is 35.1 Å². The minimum atomic E-state index is -1.37. The van der Waals surface area contributed by atoms with Gasteiger partial charge in [0.1, 0.15) is 0 Å². The predicted molar refractivity (Wildman–Crippen MR) is 93.5 cm³/mol. The van der Waals surface area contributed by atoms with E-state index in [0.717, 1.165) is 12.8 Å². The molecule has 1 saturated heterocycles. The molecule has 1 aromatic heterocycles. The summed E-state index contributed by atoms with van der Waals surface area (Å²) in [7, 11) is 0. The number of hydrogen-bond acceptors (Lipinski definition) is 5. The first kappa shape index (κ1) is 17.8. The third-order valence-electron chi connectivity index (χ3n) is 3.97. The molecule has 2 heterocycles. The first-order valence-electron chi connectivity index (χ1n) is 7.92. The highest BCUT2D eigenvalue weighted by Gasteiger charge is 2.25. The molecule has 0 unspecified atom stereocenters. The molecule has 0 radical (unpaired) electrons. The Labute approximate surface area is 153 Å². The summed E-state index contributed by atoms with van der Waals surface area (Å²) in [5, 5.41) is 12.0. The van der Waals surface area contributed by atoms with Gasteiger partial charge < -0.3 is 15.3 Å². The summed E-state index contributed by atoms with van der Waals surface area (Å²) in [6.07, 6.45) is 4.27. The predicted octanol–water partition coefficient (Wildman–Crippen LogP) is 2.32. The molecule has 8 nitrogen and oxygen atoms in total. The van der Waals surface area contributed by atoms with Crippen molar-refractivity contribution in [1.82, 2.24) is 14.9 Å². The highest BCUT2D eigenvalue weighted by Crippen LogP contribution is 2.24. The van der Waals surface area contributed by atoms with Crippen LogP contribution in [0.1, 0.15) is 44.2 Å². The van der Waals surface area contributed by atoms with E-state index in [1.807, 2.05) is 0 Å². The van der Waals surface area contributed by atoms with Crippen LogP contribution in [0.15, 0.2) is 30.6 Å². The molecule has 9 heteroatoms. The third kappa shape index (κ3) is 3.65. The molecule has 2 N–H and O–H groups in total. The molecule has 0 spiro atoms. The van der Waals surface area contributed by atoms with E-state index < -0.39 is 17.6 Å². The number of benzene rings is 1. The molecule has 2 aromatic rings. The van der Waals surface area contributed by atoms with Gasteiger partial charge >= 0.3 is 5.97 Å². The Hall–Kier alpha value is -3.00. The number of amides is 2. The number of aromatic nitrogens is 2. The fourth-order valence-electron chi connectivity index (χ4n) is 2.74. The van der Waals surface area contributed by atoms with Gasteiger partial charge in [0.05, 0.1) is 11.3 Å². The maximum atomic E-state index is 12.7. The number of aromatic carboxylic acids is 1. The van der Waals surface area contributed by atoms with Gasteiger partial charge in [-0.05, 0) is 31.0 Å². The second kappa shape index (κ2) is 7.49. The van der Waals surface area contributed by atoms with Crippen molar-refractivity contribution < 1.29 is 19.5 Å². The molecular weight excluding hydrogens is 360 g/mol. The number of nitrogens with zero attached hydrogens (tertiary/aromatic N) is 3. The average Bonchev–Trinajstić information content (AvgIpc) is 3.16. The maximum Gasteiger partial charge on any atom is 0.356 e. The van der Waals surface area contributed by atoms with Crippen LogP contribution in [0.2, 0.25) is 5.02 Å². The van der Waals surface area contributed by atoms with Crippen molar-refractivity contribution in [3.8, 4) is 0 Å². The van der Waals surface area contributed by atoms with Gasteiger partial charge in [-0.3, -0.25) is 9.59 Å². The molecule has 3 rings (SSSR count). The third-order valence-corrected chi connectivity index (χ3v) is 4.20. The van der Waals surface area contributed by atoms with E-state index in [2.05, 4.69) is 15.3 Å². The van der Waals surface area contributed by atoms with Gasteiger partial charge in [-0.2, -0.15) is 0 Å². The Bertz CT molecular complexity index is 881. The second-order valence-electron chi connectivity index (χ2n) is 5.70. The van der Waals surface area contributed by atoms with E-state index in [0.29, 0.717) is 18.1 Å². The van der Waals surface area contributed by atoms with Crippen molar-refractivity contribution in [2.75, 3.05) is 18.4 Å². The van der Waals surface area contributed by atoms with Gasteiger partial charge in [0, 0.05) is 30.5 Å². The lowest BCUT2D eigenvalue weighted by molar-refractivity contribution is 0.0684. The average molecular weight is 375 g/mol. The van der Waals surface area contributed by atoms with Crippen LogP contribution >= 0.6 is 11.6 Å². The van der Waals surface area contributed by atoms with Crippen LogP contribution in [-0.2, 0) is 0 Å². The summed E-state index contributed by atoms with van der Waals surface area (Å²) >= 11 is 5.99. The van der Waals surface area contributed by atoms with Crippen molar-refractivity contribution in [3.05, 3.63) is 52.6 Å². The van der Waals surface area contributed by atoms with Gasteiger partial charge in [0.15, 0.2) is 11.4 Å². The highest BCUT2D eigenvalue weighted by molar-refractivity contribution is 6.31. The lowest BCUT2D eigenvalue weighted by Gasteiger charge is -2.18. The zero-order valence-corrected chi connectivity index (χ0v) is 14.4. The van der Waals surface area contributed by atoms with Gasteiger partial charge in [0.25, 0.3) is 11.8 Å². The van der Waals surface area contributed by atoms with Crippen LogP contribution in [0.4, 0.5) is 5.69 Å². The standard InChI is InChI=1S/C17H15ClN4O4/c18-10-3-4-11(16(24)22-7-1-2-8-22)12(9-10)21-15(23)13-14(17(25)26)20-6-5-19-13/h3-6,9H,1-2,7-8H2,(H,21,23)(H,25,26). The van der Waals surface area contributed by atoms with Crippen LogP contribution in [0.5, 0.6) is 0 Å². The van der Waals surface area contributed by atoms with Crippen LogP contribution in [0, 0.1) is 0 Å². The molecule has 0 atom stereocenters. The summed E-state index contributed by atoms with van der Waals surface area (Å²) in [4.78, 5) is 45.5. The van der Waals surface area contributed by atoms with Crippen molar-refractivity contribution in [2.24, 2.45) is 0 Å². The van der Waals surface area contributed by atoms with E-state index in [9.17, 15) is 14.4 Å². The van der Waals surface area contributed by atoms with Gasteiger partial charge in [-0.25, -0.2) is 14.8 Å². The fourth-order valence-corrected chi connectivity index (χ4v) is 2.91. The smallest absolute Gasteiger partial charge is 0.356 e. The quantitative estimate of drug-likeness (QED) is 0.849. The van der Waals surface area contributed by atoms with Crippen LogP contribution in [0.3, 0.4) is 0 Å². The zero-order valence-electron chi connectivity index (χ0n) is 13.6. The van der Waals surface area contributed by atoms with Crippen molar-refractivity contribution in [3.63, 3.8) is 0 Å². The summed E-state index contributed by atoms with van der Waals surface area (Å²) in [6, 6.07) is 4.54. The molecule has 0 saturated carbocycles. The Kier molecular flexibility index (Phi) is 5.13. The Morgan fingerprint density at radius 1 is 1.08 bits per heavy atom. The monoisotopic (exact) mass is 374 g/mol. The number of carboxylic acid groups (broad SMARTS) is 1. The molecule has 26 heavy (non-hydrogen) atoms. The van der Waals surface area contributed by atoms with E-state index in [4.69, 9.17) is 16.7 Å². The molecule has 0 aliphatic carbocycles. The minimum Gasteiger partial charge on any atom is -0.476 e. The number of likely N-dealkylation sites (tertiary alicyclic amines) is 1. The van der Waals surface area contributed by atoms with Gasteiger partial charge in [-0.1, -0.05) is 11.6 Å². The normalized spacial score (nSPS) is 13.5. The number of rotatable bonds is 4. The Morgan fingerprint density at radius 3 is 2.38 bits per heavy atom. The fraction of sp³-hybridized carbons (Fsp3) is 0.235. The van der Waals surface area contributed by atoms with E-state index in [1.165, 1.54) is 24.5 Å². The number of anilines is 1. The molecule has 0 bridgehead atoms. The summed E-state index contributed by atoms with van der Waals surface area (Å²) in [5.74, 6) is -2.37. The maximum absolute atomic E-state index is 12.7. The zero-order chi connectivity index (χ0) is 18.7. The van der Waals surface area contributed by atoms with Crippen molar-refractivity contribution in [1.29, 1.82) is 0 Å². The molecule has 1 aromatic carbocycles. The second-order valence-corrected chi connectivity index (χ2v) is 6.14. The summed E-state index contributed by atoms with van der Waals surface area (Å²) in [6.45, 7) is 1.31. The molecule has 1 aliphatic rings. The van der Waals surface area contributed by atoms with Gasteiger partial charge in [0.2, 0.25) is 0 Å². The first-order valence-corrected chi connectivity index (χ1v) is 8.29. The highest BCUT2D eigenvalue weighted by atomic mass is 35.5. The summed E-state index contributed by atoms with van der Waals surface area (Å²) < 4.78 is 0. The molecule has 1 aliphatic heterocycles. The number of hydrogen-bond donors (Lipinski definition) is 2. The lowest BCUT2D eigenvalue weighted by Crippen LogP contribution is -2.29. The number of carbonyl (C=O) groups is 3. The Morgan fingerprint density at radius 2 is 1.73 bits per heavy atom. The van der Waals surface area contributed by atoms with Crippen LogP contribution < -0.4 is 5.32 Å².